The molecule has 6 heteroatoms. The minimum atomic E-state index is -0.516. The van der Waals surface area contributed by atoms with Gasteiger partial charge in [0.15, 0.2) is 6.61 Å². The highest BCUT2D eigenvalue weighted by molar-refractivity contribution is 14.1. The van der Waals surface area contributed by atoms with Crippen LogP contribution >= 0.6 is 34.2 Å². The van der Waals surface area contributed by atoms with E-state index in [9.17, 15) is 9.59 Å². The molecule has 0 aliphatic carbocycles. The number of hydrogen-bond donors (Lipinski definition) is 1. The second kappa shape index (κ2) is 8.14. The van der Waals surface area contributed by atoms with Crippen molar-refractivity contribution < 1.29 is 14.3 Å². The van der Waals surface area contributed by atoms with Gasteiger partial charge in [0.2, 0.25) is 0 Å². The van der Waals surface area contributed by atoms with Gasteiger partial charge in [-0.15, -0.1) is 0 Å². The SMILES string of the molecule is O=C(COC(=O)c1ccc(I)cc1)NCc1ccc(Cl)cc1. The second-order valence-electron chi connectivity index (χ2n) is 4.49. The highest BCUT2D eigenvalue weighted by atomic mass is 127. The van der Waals surface area contributed by atoms with E-state index in [1.807, 2.05) is 12.1 Å². The molecule has 0 saturated heterocycles. The van der Waals surface area contributed by atoms with Gasteiger partial charge in [-0.05, 0) is 64.6 Å². The monoisotopic (exact) mass is 429 g/mol. The van der Waals surface area contributed by atoms with Crippen molar-refractivity contribution in [2.45, 2.75) is 6.54 Å². The van der Waals surface area contributed by atoms with Crippen LogP contribution in [0.2, 0.25) is 5.02 Å². The van der Waals surface area contributed by atoms with Gasteiger partial charge in [-0.25, -0.2) is 4.79 Å². The van der Waals surface area contributed by atoms with Crippen LogP contribution in [0, 0.1) is 3.57 Å². The molecule has 0 unspecified atom stereocenters. The lowest BCUT2D eigenvalue weighted by Gasteiger charge is -2.07. The molecule has 0 fully saturated rings. The summed E-state index contributed by atoms with van der Waals surface area (Å²) < 4.78 is 5.99. The molecule has 0 heterocycles. The van der Waals surface area contributed by atoms with Crippen LogP contribution in [0.5, 0.6) is 0 Å². The number of rotatable bonds is 5. The van der Waals surface area contributed by atoms with Gasteiger partial charge in [-0.3, -0.25) is 4.79 Å². The topological polar surface area (TPSA) is 55.4 Å². The van der Waals surface area contributed by atoms with E-state index in [2.05, 4.69) is 27.9 Å². The number of benzene rings is 2. The summed E-state index contributed by atoms with van der Waals surface area (Å²) in [6.07, 6.45) is 0. The van der Waals surface area contributed by atoms with E-state index in [0.717, 1.165) is 9.13 Å². The molecule has 0 aliphatic heterocycles. The molecule has 0 radical (unpaired) electrons. The Labute approximate surface area is 146 Å². The first kappa shape index (κ1) is 16.8. The predicted molar refractivity (Wildman–Crippen MR) is 92.7 cm³/mol. The fourth-order valence-corrected chi connectivity index (χ4v) is 2.14. The van der Waals surface area contributed by atoms with Gasteiger partial charge >= 0.3 is 5.97 Å². The van der Waals surface area contributed by atoms with Crippen LogP contribution < -0.4 is 5.32 Å². The van der Waals surface area contributed by atoms with E-state index in [0.29, 0.717) is 17.1 Å². The molecule has 114 valence electrons. The Hall–Kier alpha value is -1.60. The standard InChI is InChI=1S/C16H13ClINO3/c17-13-5-1-11(2-6-13)9-19-15(20)10-22-16(21)12-3-7-14(18)8-4-12/h1-8H,9-10H2,(H,19,20). The van der Waals surface area contributed by atoms with Crippen molar-refractivity contribution in [1.82, 2.24) is 5.32 Å². The second-order valence-corrected chi connectivity index (χ2v) is 6.17. The average molecular weight is 430 g/mol. The fraction of sp³-hybridized carbons (Fsp3) is 0.125. The third-order valence-corrected chi connectivity index (χ3v) is 3.79. The molecule has 0 atom stereocenters. The number of carbonyl (C=O) groups is 2. The number of amides is 1. The maximum Gasteiger partial charge on any atom is 0.338 e. The number of nitrogens with one attached hydrogen (secondary N) is 1. The van der Waals surface area contributed by atoms with Crippen LogP contribution in [0.15, 0.2) is 48.5 Å². The smallest absolute Gasteiger partial charge is 0.338 e. The van der Waals surface area contributed by atoms with Gasteiger partial charge in [0.1, 0.15) is 0 Å². The van der Waals surface area contributed by atoms with Crippen molar-refractivity contribution in [1.29, 1.82) is 0 Å². The zero-order chi connectivity index (χ0) is 15.9. The van der Waals surface area contributed by atoms with Crippen LogP contribution in [0.3, 0.4) is 0 Å². The van der Waals surface area contributed by atoms with Crippen molar-refractivity contribution >= 4 is 46.1 Å². The lowest BCUT2D eigenvalue weighted by Crippen LogP contribution is -2.28. The zero-order valence-electron chi connectivity index (χ0n) is 11.5. The van der Waals surface area contributed by atoms with Crippen LogP contribution in [0.25, 0.3) is 0 Å². The first-order valence-corrected chi connectivity index (χ1v) is 7.94. The minimum Gasteiger partial charge on any atom is -0.452 e. The summed E-state index contributed by atoms with van der Waals surface area (Å²) in [7, 11) is 0. The molecule has 2 aromatic carbocycles. The Morgan fingerprint density at radius 3 is 2.32 bits per heavy atom. The predicted octanol–water partition coefficient (Wildman–Crippen LogP) is 3.42. The summed E-state index contributed by atoms with van der Waals surface area (Å²) in [4.78, 5) is 23.4. The summed E-state index contributed by atoms with van der Waals surface area (Å²) >= 11 is 7.93. The van der Waals surface area contributed by atoms with Gasteiger partial charge in [-0.2, -0.15) is 0 Å². The highest BCUT2D eigenvalue weighted by Crippen LogP contribution is 2.09. The molecule has 2 rings (SSSR count). The maximum absolute atomic E-state index is 11.8. The van der Waals surface area contributed by atoms with Crippen LogP contribution in [-0.2, 0) is 16.1 Å². The molecular formula is C16H13ClINO3. The molecule has 4 nitrogen and oxygen atoms in total. The molecule has 22 heavy (non-hydrogen) atoms. The summed E-state index contributed by atoms with van der Waals surface area (Å²) in [6, 6.07) is 14.1. The van der Waals surface area contributed by atoms with E-state index in [1.54, 1.807) is 36.4 Å². The quantitative estimate of drug-likeness (QED) is 0.585. The van der Waals surface area contributed by atoms with Gasteiger partial charge in [0, 0.05) is 15.1 Å². The molecule has 2 aromatic rings. The van der Waals surface area contributed by atoms with Crippen molar-refractivity contribution in [2.75, 3.05) is 6.61 Å². The van der Waals surface area contributed by atoms with Crippen LogP contribution in [0.1, 0.15) is 15.9 Å². The van der Waals surface area contributed by atoms with E-state index >= 15 is 0 Å². The molecule has 1 N–H and O–H groups in total. The van der Waals surface area contributed by atoms with Gasteiger partial charge < -0.3 is 10.1 Å². The summed E-state index contributed by atoms with van der Waals surface area (Å²) in [6.45, 7) is 0.0511. The Kier molecular flexibility index (Phi) is 6.21. The molecule has 1 amide bonds. The Morgan fingerprint density at radius 2 is 1.68 bits per heavy atom. The Morgan fingerprint density at radius 1 is 1.05 bits per heavy atom. The van der Waals surface area contributed by atoms with E-state index in [1.165, 1.54) is 0 Å². The number of hydrogen-bond acceptors (Lipinski definition) is 3. The highest BCUT2D eigenvalue weighted by Gasteiger charge is 2.09. The van der Waals surface area contributed by atoms with Gasteiger partial charge in [0.25, 0.3) is 5.91 Å². The first-order chi connectivity index (χ1) is 10.5. The van der Waals surface area contributed by atoms with Crippen molar-refractivity contribution in [3.63, 3.8) is 0 Å². The number of esters is 1. The van der Waals surface area contributed by atoms with Crippen molar-refractivity contribution in [2.24, 2.45) is 0 Å². The van der Waals surface area contributed by atoms with E-state index in [4.69, 9.17) is 16.3 Å². The summed E-state index contributed by atoms with van der Waals surface area (Å²) in [5.74, 6) is -0.869. The first-order valence-electron chi connectivity index (χ1n) is 6.48. The Bertz CT molecular complexity index is 656. The van der Waals surface area contributed by atoms with Gasteiger partial charge in [0.05, 0.1) is 5.56 Å². The van der Waals surface area contributed by atoms with Crippen molar-refractivity contribution in [3.05, 3.63) is 68.3 Å². The lowest BCUT2D eigenvalue weighted by molar-refractivity contribution is -0.124. The average Bonchev–Trinajstić information content (AvgIpc) is 2.52. The zero-order valence-corrected chi connectivity index (χ0v) is 14.4. The third kappa shape index (κ3) is 5.31. The summed E-state index contributed by atoms with van der Waals surface area (Å²) in [5.41, 5.74) is 1.34. The van der Waals surface area contributed by atoms with Crippen LogP contribution in [-0.4, -0.2) is 18.5 Å². The maximum atomic E-state index is 11.8. The number of carbonyl (C=O) groups excluding carboxylic acids is 2. The lowest BCUT2D eigenvalue weighted by atomic mass is 10.2. The molecule has 0 aliphatic rings. The number of halogens is 2. The molecule has 0 aromatic heterocycles. The third-order valence-electron chi connectivity index (χ3n) is 2.82. The van der Waals surface area contributed by atoms with Crippen molar-refractivity contribution in [3.8, 4) is 0 Å². The molecule has 0 spiro atoms. The molecular weight excluding hydrogens is 417 g/mol. The Balaban J connectivity index is 1.76. The summed E-state index contributed by atoms with van der Waals surface area (Å²) in [5, 5.41) is 3.31. The minimum absolute atomic E-state index is 0.307. The molecule has 0 bridgehead atoms. The van der Waals surface area contributed by atoms with Crippen LogP contribution in [0.4, 0.5) is 0 Å². The normalized spacial score (nSPS) is 10.1. The molecule has 0 saturated carbocycles. The van der Waals surface area contributed by atoms with Gasteiger partial charge in [-0.1, -0.05) is 23.7 Å². The fourth-order valence-electron chi connectivity index (χ4n) is 1.65. The van der Waals surface area contributed by atoms with E-state index < -0.39 is 5.97 Å². The largest absolute Gasteiger partial charge is 0.452 e. The number of ether oxygens (including phenoxy) is 1. The van der Waals surface area contributed by atoms with E-state index in [-0.39, 0.29) is 12.5 Å².